The molecule has 112 valence electrons. The van der Waals surface area contributed by atoms with Crippen molar-refractivity contribution in [2.45, 2.75) is 31.8 Å². The summed E-state index contributed by atoms with van der Waals surface area (Å²) in [6.45, 7) is 1.55. The number of aromatic nitrogens is 1. The first kappa shape index (κ1) is 14.3. The molecule has 21 heavy (non-hydrogen) atoms. The van der Waals surface area contributed by atoms with Gasteiger partial charge in [-0.1, -0.05) is 6.08 Å². The summed E-state index contributed by atoms with van der Waals surface area (Å²) in [5, 5.41) is 0. The molecule has 1 aliphatic heterocycles. The van der Waals surface area contributed by atoms with E-state index in [0.29, 0.717) is 5.91 Å². The second-order valence-corrected chi connectivity index (χ2v) is 5.88. The van der Waals surface area contributed by atoms with Crippen LogP contribution in [0.2, 0.25) is 0 Å². The summed E-state index contributed by atoms with van der Waals surface area (Å²) >= 11 is 0. The van der Waals surface area contributed by atoms with Crippen molar-refractivity contribution in [3.63, 3.8) is 0 Å². The third kappa shape index (κ3) is 3.16. The van der Waals surface area contributed by atoms with Crippen LogP contribution in [0.1, 0.15) is 31.2 Å². The fourth-order valence-corrected chi connectivity index (χ4v) is 3.34. The first-order valence-corrected chi connectivity index (χ1v) is 7.69. The Morgan fingerprint density at radius 3 is 2.86 bits per heavy atom. The zero-order valence-corrected chi connectivity index (χ0v) is 12.5. The molecule has 2 aliphatic rings. The number of amides is 1. The molecule has 1 fully saturated rings. The van der Waals surface area contributed by atoms with Gasteiger partial charge in [0.05, 0.1) is 6.10 Å². The minimum absolute atomic E-state index is 0.145. The highest BCUT2D eigenvalue weighted by Crippen LogP contribution is 2.30. The van der Waals surface area contributed by atoms with Gasteiger partial charge >= 0.3 is 0 Å². The first-order valence-electron chi connectivity index (χ1n) is 7.69. The van der Waals surface area contributed by atoms with Crippen LogP contribution in [0, 0.1) is 5.92 Å². The molecule has 4 heteroatoms. The van der Waals surface area contributed by atoms with Gasteiger partial charge in [0.1, 0.15) is 0 Å². The van der Waals surface area contributed by atoms with E-state index in [-0.39, 0.29) is 12.0 Å². The van der Waals surface area contributed by atoms with Crippen LogP contribution in [-0.4, -0.2) is 42.1 Å². The Bertz CT molecular complexity index is 527. The second kappa shape index (κ2) is 6.39. The molecule has 0 saturated heterocycles. The molecule has 0 spiro atoms. The maximum absolute atomic E-state index is 12.7. The summed E-state index contributed by atoms with van der Waals surface area (Å²) in [7, 11) is 1.74. The fourth-order valence-electron chi connectivity index (χ4n) is 3.34. The van der Waals surface area contributed by atoms with Crippen LogP contribution in [0.3, 0.4) is 0 Å². The maximum Gasteiger partial charge on any atom is 0.226 e. The van der Waals surface area contributed by atoms with E-state index in [1.807, 2.05) is 17.0 Å². The van der Waals surface area contributed by atoms with Gasteiger partial charge in [-0.05, 0) is 49.0 Å². The van der Waals surface area contributed by atoms with Crippen LogP contribution in [0.4, 0.5) is 0 Å². The molecule has 0 radical (unpaired) electrons. The lowest BCUT2D eigenvalue weighted by Gasteiger charge is -2.30. The van der Waals surface area contributed by atoms with E-state index in [1.54, 1.807) is 19.5 Å². The van der Waals surface area contributed by atoms with Crippen LogP contribution >= 0.6 is 0 Å². The summed E-state index contributed by atoms with van der Waals surface area (Å²) in [5.74, 6) is 0.445. The van der Waals surface area contributed by atoms with Crippen molar-refractivity contribution in [3.8, 4) is 0 Å². The summed E-state index contributed by atoms with van der Waals surface area (Å²) in [6, 6.07) is 4.02. The molecule has 1 amide bonds. The Kier molecular flexibility index (Phi) is 4.34. The van der Waals surface area contributed by atoms with Crippen molar-refractivity contribution < 1.29 is 9.53 Å². The standard InChI is InChI=1S/C17H22N2O2/c1-21-16-5-4-14(11-16)17(20)19-10-2-3-15(12-19)13-6-8-18-9-7-13/h3,6-9,14,16H,2,4-5,10-12H2,1H3. The number of nitrogens with zero attached hydrogens (tertiary/aromatic N) is 2. The molecule has 2 atom stereocenters. The number of ether oxygens (including phenoxy) is 1. The Hall–Kier alpha value is -1.68. The number of methoxy groups -OCH3 is 1. The summed E-state index contributed by atoms with van der Waals surface area (Å²) in [5.41, 5.74) is 2.40. The SMILES string of the molecule is COC1CCC(C(=O)N2CCC=C(c3ccncc3)C2)C1. The zero-order chi connectivity index (χ0) is 14.7. The van der Waals surface area contributed by atoms with E-state index >= 15 is 0 Å². The average Bonchev–Trinajstić information content (AvgIpc) is 3.04. The zero-order valence-electron chi connectivity index (χ0n) is 12.5. The third-order valence-corrected chi connectivity index (χ3v) is 4.58. The van der Waals surface area contributed by atoms with Crippen LogP contribution in [0.15, 0.2) is 30.6 Å². The molecule has 1 aromatic heterocycles. The van der Waals surface area contributed by atoms with E-state index in [4.69, 9.17) is 4.74 Å². The molecular weight excluding hydrogens is 264 g/mol. The maximum atomic E-state index is 12.7. The van der Waals surface area contributed by atoms with Crippen molar-refractivity contribution >= 4 is 11.5 Å². The van der Waals surface area contributed by atoms with Gasteiger partial charge < -0.3 is 9.64 Å². The Balaban J connectivity index is 1.65. The fraction of sp³-hybridized carbons (Fsp3) is 0.529. The van der Waals surface area contributed by atoms with Gasteiger partial charge in [-0.25, -0.2) is 0 Å². The van der Waals surface area contributed by atoms with Crippen LogP contribution in [0.25, 0.3) is 5.57 Å². The Morgan fingerprint density at radius 1 is 1.33 bits per heavy atom. The van der Waals surface area contributed by atoms with E-state index < -0.39 is 0 Å². The summed E-state index contributed by atoms with van der Waals surface area (Å²) in [4.78, 5) is 18.7. The monoisotopic (exact) mass is 286 g/mol. The van der Waals surface area contributed by atoms with Gasteiger partial charge in [0, 0.05) is 38.5 Å². The largest absolute Gasteiger partial charge is 0.381 e. The van der Waals surface area contributed by atoms with Crippen molar-refractivity contribution in [2.24, 2.45) is 5.92 Å². The van der Waals surface area contributed by atoms with E-state index in [2.05, 4.69) is 11.1 Å². The van der Waals surface area contributed by atoms with Gasteiger partial charge in [-0.15, -0.1) is 0 Å². The normalized spacial score (nSPS) is 25.8. The Labute approximate surface area is 125 Å². The third-order valence-electron chi connectivity index (χ3n) is 4.58. The molecule has 1 aromatic rings. The van der Waals surface area contributed by atoms with Gasteiger partial charge in [0.2, 0.25) is 5.91 Å². The van der Waals surface area contributed by atoms with Crippen LogP contribution in [0.5, 0.6) is 0 Å². The number of pyridine rings is 1. The molecular formula is C17H22N2O2. The van der Waals surface area contributed by atoms with E-state index in [1.165, 1.54) is 11.1 Å². The van der Waals surface area contributed by atoms with Crippen LogP contribution in [-0.2, 0) is 9.53 Å². The minimum Gasteiger partial charge on any atom is -0.381 e. The second-order valence-electron chi connectivity index (χ2n) is 5.88. The molecule has 2 unspecified atom stereocenters. The highest BCUT2D eigenvalue weighted by molar-refractivity contribution is 5.82. The Morgan fingerprint density at radius 2 is 2.14 bits per heavy atom. The minimum atomic E-state index is 0.145. The predicted molar refractivity (Wildman–Crippen MR) is 81.5 cm³/mol. The van der Waals surface area contributed by atoms with Gasteiger partial charge in [-0.3, -0.25) is 9.78 Å². The summed E-state index contributed by atoms with van der Waals surface area (Å²) in [6.07, 6.45) is 9.89. The van der Waals surface area contributed by atoms with Crippen molar-refractivity contribution in [1.82, 2.24) is 9.88 Å². The lowest BCUT2D eigenvalue weighted by molar-refractivity contribution is -0.135. The highest BCUT2D eigenvalue weighted by atomic mass is 16.5. The van der Waals surface area contributed by atoms with Crippen molar-refractivity contribution in [1.29, 1.82) is 0 Å². The van der Waals surface area contributed by atoms with Crippen molar-refractivity contribution in [3.05, 3.63) is 36.2 Å². The molecule has 2 heterocycles. The first-order chi connectivity index (χ1) is 10.3. The van der Waals surface area contributed by atoms with Crippen molar-refractivity contribution in [2.75, 3.05) is 20.2 Å². The molecule has 4 nitrogen and oxygen atoms in total. The van der Waals surface area contributed by atoms with E-state index in [0.717, 1.165) is 38.8 Å². The number of carbonyl (C=O) groups is 1. The highest BCUT2D eigenvalue weighted by Gasteiger charge is 2.33. The quantitative estimate of drug-likeness (QED) is 0.857. The number of rotatable bonds is 3. The molecule has 0 bridgehead atoms. The summed E-state index contributed by atoms with van der Waals surface area (Å²) < 4.78 is 5.38. The topological polar surface area (TPSA) is 42.4 Å². The van der Waals surface area contributed by atoms with Gasteiger partial charge in [-0.2, -0.15) is 0 Å². The number of carbonyl (C=O) groups excluding carboxylic acids is 1. The lowest BCUT2D eigenvalue weighted by Crippen LogP contribution is -2.39. The van der Waals surface area contributed by atoms with Gasteiger partial charge in [0.25, 0.3) is 0 Å². The molecule has 3 rings (SSSR count). The van der Waals surface area contributed by atoms with E-state index in [9.17, 15) is 4.79 Å². The number of hydrogen-bond acceptors (Lipinski definition) is 3. The van der Waals surface area contributed by atoms with Gasteiger partial charge in [0.15, 0.2) is 0 Å². The molecule has 1 saturated carbocycles. The van der Waals surface area contributed by atoms with Crippen LogP contribution < -0.4 is 0 Å². The molecule has 1 aliphatic carbocycles. The smallest absolute Gasteiger partial charge is 0.226 e. The predicted octanol–water partition coefficient (Wildman–Crippen LogP) is 2.51. The molecule has 0 N–H and O–H groups in total. The number of hydrogen-bond donors (Lipinski definition) is 0. The lowest BCUT2D eigenvalue weighted by atomic mass is 9.99. The average molecular weight is 286 g/mol. The molecule has 0 aromatic carbocycles.